The first-order valence-electron chi connectivity index (χ1n) is 8.60. The van der Waals surface area contributed by atoms with Crippen LogP contribution in [0.25, 0.3) is 11.8 Å². The molecule has 1 heterocycles. The van der Waals surface area contributed by atoms with Crippen LogP contribution in [0.1, 0.15) is 11.1 Å². The maximum absolute atomic E-state index is 13.2. The molecule has 28 heavy (non-hydrogen) atoms. The topological polar surface area (TPSA) is 40.5 Å². The third-order valence-electron chi connectivity index (χ3n) is 4.41. The minimum atomic E-state index is -0.199. The van der Waals surface area contributed by atoms with Crippen molar-refractivity contribution in [2.45, 2.75) is 0 Å². The van der Waals surface area contributed by atoms with E-state index in [0.29, 0.717) is 26.9 Å². The molecule has 0 spiro atoms. The Morgan fingerprint density at radius 2 is 1.68 bits per heavy atom. The van der Waals surface area contributed by atoms with Crippen molar-refractivity contribution in [2.75, 3.05) is 4.90 Å². The maximum atomic E-state index is 13.2. The SMILES string of the molecule is O=C1/C(=C/c2ccc(Cl)cc2Cl)C=C(c2ccccc2)N1c1cccc(O)c1. The molecule has 1 aliphatic rings. The van der Waals surface area contributed by atoms with E-state index in [1.54, 1.807) is 53.4 Å². The fourth-order valence-electron chi connectivity index (χ4n) is 3.11. The summed E-state index contributed by atoms with van der Waals surface area (Å²) in [7, 11) is 0. The molecule has 0 aromatic heterocycles. The van der Waals surface area contributed by atoms with Gasteiger partial charge in [0.15, 0.2) is 0 Å². The summed E-state index contributed by atoms with van der Waals surface area (Å²) in [6.45, 7) is 0. The van der Waals surface area contributed by atoms with E-state index in [2.05, 4.69) is 0 Å². The number of rotatable bonds is 3. The summed E-state index contributed by atoms with van der Waals surface area (Å²) in [6, 6.07) is 21.4. The highest BCUT2D eigenvalue weighted by atomic mass is 35.5. The van der Waals surface area contributed by atoms with Crippen molar-refractivity contribution in [1.82, 2.24) is 0 Å². The summed E-state index contributed by atoms with van der Waals surface area (Å²) in [5, 5.41) is 10.9. The lowest BCUT2D eigenvalue weighted by atomic mass is 10.1. The van der Waals surface area contributed by atoms with Crippen molar-refractivity contribution in [1.29, 1.82) is 0 Å². The molecule has 0 radical (unpaired) electrons. The first kappa shape index (κ1) is 18.4. The molecule has 138 valence electrons. The number of carbonyl (C=O) groups is 1. The van der Waals surface area contributed by atoms with E-state index in [0.717, 1.165) is 11.3 Å². The molecule has 0 bridgehead atoms. The fourth-order valence-corrected chi connectivity index (χ4v) is 3.57. The van der Waals surface area contributed by atoms with Crippen molar-refractivity contribution < 1.29 is 9.90 Å². The van der Waals surface area contributed by atoms with E-state index < -0.39 is 0 Å². The number of hydrogen-bond donors (Lipinski definition) is 1. The summed E-state index contributed by atoms with van der Waals surface area (Å²) in [5.74, 6) is -0.105. The van der Waals surface area contributed by atoms with Crippen LogP contribution in [0.2, 0.25) is 10.0 Å². The summed E-state index contributed by atoms with van der Waals surface area (Å²) < 4.78 is 0. The van der Waals surface area contributed by atoms with E-state index in [1.165, 1.54) is 0 Å². The number of benzene rings is 3. The van der Waals surface area contributed by atoms with Crippen molar-refractivity contribution in [3.8, 4) is 5.75 Å². The fraction of sp³-hybridized carbons (Fsp3) is 0. The molecule has 3 aromatic carbocycles. The molecule has 0 aliphatic carbocycles. The second-order valence-corrected chi connectivity index (χ2v) is 7.17. The van der Waals surface area contributed by atoms with E-state index in [4.69, 9.17) is 23.2 Å². The van der Waals surface area contributed by atoms with Gasteiger partial charge in [0.1, 0.15) is 5.75 Å². The Balaban J connectivity index is 1.84. The molecular weight excluding hydrogens is 393 g/mol. The molecular formula is C23H15Cl2NO2. The van der Waals surface area contributed by atoms with Crippen LogP contribution < -0.4 is 4.90 Å². The van der Waals surface area contributed by atoms with Gasteiger partial charge in [-0.25, -0.2) is 0 Å². The number of anilines is 1. The maximum Gasteiger partial charge on any atom is 0.262 e. The summed E-state index contributed by atoms with van der Waals surface area (Å²) >= 11 is 12.2. The molecule has 5 heteroatoms. The van der Waals surface area contributed by atoms with E-state index in [1.807, 2.05) is 36.4 Å². The highest BCUT2D eigenvalue weighted by Gasteiger charge is 2.30. The van der Waals surface area contributed by atoms with Gasteiger partial charge in [0, 0.05) is 21.7 Å². The molecule has 0 saturated carbocycles. The second-order valence-electron chi connectivity index (χ2n) is 6.32. The number of nitrogens with zero attached hydrogens (tertiary/aromatic N) is 1. The van der Waals surface area contributed by atoms with Gasteiger partial charge in [-0.2, -0.15) is 0 Å². The predicted molar refractivity (Wildman–Crippen MR) is 114 cm³/mol. The van der Waals surface area contributed by atoms with Crippen LogP contribution in [0.5, 0.6) is 5.75 Å². The van der Waals surface area contributed by atoms with Gasteiger partial charge in [0.05, 0.1) is 11.4 Å². The second kappa shape index (κ2) is 7.55. The summed E-state index contributed by atoms with van der Waals surface area (Å²) in [4.78, 5) is 14.8. The molecule has 1 aliphatic heterocycles. The van der Waals surface area contributed by atoms with E-state index >= 15 is 0 Å². The predicted octanol–water partition coefficient (Wildman–Crippen LogP) is 6.17. The van der Waals surface area contributed by atoms with Crippen molar-refractivity contribution in [3.63, 3.8) is 0 Å². The Morgan fingerprint density at radius 3 is 2.39 bits per heavy atom. The van der Waals surface area contributed by atoms with Crippen LogP contribution in [0.4, 0.5) is 5.69 Å². The molecule has 0 atom stereocenters. The van der Waals surface area contributed by atoms with Crippen LogP contribution >= 0.6 is 23.2 Å². The molecule has 0 saturated heterocycles. The quantitative estimate of drug-likeness (QED) is 0.527. The molecule has 1 amide bonds. The summed E-state index contributed by atoms with van der Waals surface area (Å²) in [5.41, 5.74) is 3.41. The molecule has 0 fully saturated rings. The van der Waals surface area contributed by atoms with Crippen LogP contribution in [0, 0.1) is 0 Å². The first-order valence-corrected chi connectivity index (χ1v) is 9.36. The average molecular weight is 408 g/mol. The number of aromatic hydroxyl groups is 1. The van der Waals surface area contributed by atoms with Gasteiger partial charge in [-0.3, -0.25) is 9.69 Å². The van der Waals surface area contributed by atoms with E-state index in [9.17, 15) is 9.90 Å². The third kappa shape index (κ3) is 3.55. The van der Waals surface area contributed by atoms with E-state index in [-0.39, 0.29) is 11.7 Å². The van der Waals surface area contributed by atoms with Crippen LogP contribution in [-0.2, 0) is 4.79 Å². The lowest BCUT2D eigenvalue weighted by molar-refractivity contribution is -0.113. The zero-order valence-corrected chi connectivity index (χ0v) is 16.2. The van der Waals surface area contributed by atoms with Crippen LogP contribution in [0.3, 0.4) is 0 Å². The lowest BCUT2D eigenvalue weighted by Gasteiger charge is -2.21. The van der Waals surface area contributed by atoms with Gasteiger partial charge in [0.2, 0.25) is 0 Å². The largest absolute Gasteiger partial charge is 0.508 e. The highest BCUT2D eigenvalue weighted by molar-refractivity contribution is 6.35. The smallest absolute Gasteiger partial charge is 0.262 e. The van der Waals surface area contributed by atoms with Gasteiger partial charge >= 0.3 is 0 Å². The number of amides is 1. The number of phenolic OH excluding ortho intramolecular Hbond substituents is 1. The Hall–Kier alpha value is -3.01. The van der Waals surface area contributed by atoms with Gasteiger partial charge < -0.3 is 5.11 Å². The van der Waals surface area contributed by atoms with Crippen LogP contribution in [0.15, 0.2) is 84.4 Å². The van der Waals surface area contributed by atoms with Crippen molar-refractivity contribution in [2.24, 2.45) is 0 Å². The van der Waals surface area contributed by atoms with Crippen molar-refractivity contribution in [3.05, 3.63) is 106 Å². The number of halogens is 2. The first-order chi connectivity index (χ1) is 13.5. The monoisotopic (exact) mass is 407 g/mol. The molecule has 0 unspecified atom stereocenters. The van der Waals surface area contributed by atoms with Gasteiger partial charge in [-0.15, -0.1) is 0 Å². The third-order valence-corrected chi connectivity index (χ3v) is 4.98. The van der Waals surface area contributed by atoms with Gasteiger partial charge in [-0.1, -0.05) is 65.7 Å². The normalized spacial score (nSPS) is 15.2. The minimum Gasteiger partial charge on any atom is -0.508 e. The lowest BCUT2D eigenvalue weighted by Crippen LogP contribution is -2.24. The Kier molecular flexibility index (Phi) is 4.95. The molecule has 3 aromatic rings. The van der Waals surface area contributed by atoms with Gasteiger partial charge in [-0.05, 0) is 47.5 Å². The van der Waals surface area contributed by atoms with Gasteiger partial charge in [0.25, 0.3) is 5.91 Å². The molecule has 1 N–H and O–H groups in total. The Bertz CT molecular complexity index is 1120. The zero-order valence-electron chi connectivity index (χ0n) is 14.6. The Labute approximate surface area is 172 Å². The number of phenols is 1. The molecule has 3 nitrogen and oxygen atoms in total. The molecule has 4 rings (SSSR count). The number of carbonyl (C=O) groups excluding carboxylic acids is 1. The number of hydrogen-bond acceptors (Lipinski definition) is 2. The average Bonchev–Trinajstić information content (AvgIpc) is 3.01. The summed E-state index contributed by atoms with van der Waals surface area (Å²) in [6.07, 6.45) is 3.57. The zero-order chi connectivity index (χ0) is 19.7. The standard InChI is InChI=1S/C23H15Cl2NO2/c24-18-10-9-16(21(25)13-18)11-17-12-22(15-5-2-1-3-6-15)26(23(17)28)19-7-4-8-20(27)14-19/h1-14,27H/b17-11+. The highest BCUT2D eigenvalue weighted by Crippen LogP contribution is 2.36. The minimum absolute atomic E-state index is 0.0934. The Morgan fingerprint density at radius 1 is 0.893 bits per heavy atom. The van der Waals surface area contributed by atoms with Crippen LogP contribution in [-0.4, -0.2) is 11.0 Å². The van der Waals surface area contributed by atoms with Crippen molar-refractivity contribution >= 4 is 46.6 Å².